The quantitative estimate of drug-likeness (QED) is 0.762. The number of nitrogens with zero attached hydrogens (tertiary/aromatic N) is 2. The number of nitrogens with one attached hydrogen (secondary N) is 1. The molecule has 3 rings (SSSR count). The third-order valence-corrected chi connectivity index (χ3v) is 4.48. The topological polar surface area (TPSA) is 46.9 Å². The average molecular weight is 362 g/mol. The fourth-order valence-electron chi connectivity index (χ4n) is 1.97. The summed E-state index contributed by atoms with van der Waals surface area (Å²) in [6.45, 7) is 0.231. The van der Waals surface area contributed by atoms with E-state index in [1.807, 2.05) is 52.5 Å². The molecule has 0 aliphatic heterocycles. The van der Waals surface area contributed by atoms with Crippen LogP contribution in [0.1, 0.15) is 0 Å². The first-order chi connectivity index (χ1) is 10.2. The number of imidazole rings is 1. The highest BCUT2D eigenvalue weighted by molar-refractivity contribution is 9.10. The summed E-state index contributed by atoms with van der Waals surface area (Å²) in [5, 5.41) is 4.89. The lowest BCUT2D eigenvalue weighted by Crippen LogP contribution is -2.19. The molecule has 2 heterocycles. The molecule has 1 N–H and O–H groups in total. The van der Waals surface area contributed by atoms with Crippen LogP contribution in [0, 0.1) is 0 Å². The van der Waals surface area contributed by atoms with Crippen molar-refractivity contribution in [2.45, 2.75) is 6.54 Å². The predicted octanol–water partition coefficient (Wildman–Crippen LogP) is 4.01. The first kappa shape index (κ1) is 14.0. The third-order valence-electron chi connectivity index (χ3n) is 2.92. The first-order valence-corrected chi connectivity index (χ1v) is 8.01. The van der Waals surface area contributed by atoms with Gasteiger partial charge in [-0.1, -0.05) is 18.2 Å². The van der Waals surface area contributed by atoms with Gasteiger partial charge in [-0.15, -0.1) is 11.3 Å². The molecule has 0 bridgehead atoms. The molecule has 0 saturated heterocycles. The SMILES string of the molecule is O=C(Cn1ccnc1-c1cccs1)Nc1ccccc1Br. The van der Waals surface area contributed by atoms with Crippen LogP contribution in [0.15, 0.2) is 58.6 Å². The lowest BCUT2D eigenvalue weighted by atomic mass is 10.3. The van der Waals surface area contributed by atoms with E-state index in [1.54, 1.807) is 17.5 Å². The number of amides is 1. The summed E-state index contributed by atoms with van der Waals surface area (Å²) in [5.41, 5.74) is 0.764. The zero-order chi connectivity index (χ0) is 14.7. The van der Waals surface area contributed by atoms with Crippen molar-refractivity contribution in [3.63, 3.8) is 0 Å². The second kappa shape index (κ2) is 6.24. The van der Waals surface area contributed by atoms with Crippen LogP contribution in [0.3, 0.4) is 0 Å². The van der Waals surface area contributed by atoms with Gasteiger partial charge in [0.05, 0.1) is 10.6 Å². The van der Waals surface area contributed by atoms with Crippen molar-refractivity contribution >= 4 is 38.9 Å². The number of halogens is 1. The number of anilines is 1. The molecule has 0 unspecified atom stereocenters. The number of para-hydroxylation sites is 1. The maximum Gasteiger partial charge on any atom is 0.244 e. The summed E-state index contributed by atoms with van der Waals surface area (Å²) in [6, 6.07) is 11.5. The summed E-state index contributed by atoms with van der Waals surface area (Å²) < 4.78 is 2.71. The molecule has 0 aliphatic carbocycles. The molecule has 0 radical (unpaired) electrons. The molecule has 0 fully saturated rings. The number of aromatic nitrogens is 2. The maximum atomic E-state index is 12.2. The minimum absolute atomic E-state index is 0.0855. The van der Waals surface area contributed by atoms with Crippen molar-refractivity contribution < 1.29 is 4.79 Å². The molecule has 0 saturated carbocycles. The molecule has 6 heteroatoms. The van der Waals surface area contributed by atoms with Gasteiger partial charge in [0.25, 0.3) is 0 Å². The first-order valence-electron chi connectivity index (χ1n) is 6.33. The van der Waals surface area contributed by atoms with Crippen LogP contribution in [0.5, 0.6) is 0 Å². The van der Waals surface area contributed by atoms with Crippen molar-refractivity contribution in [1.82, 2.24) is 9.55 Å². The minimum atomic E-state index is -0.0855. The Balaban J connectivity index is 1.74. The number of rotatable bonds is 4. The lowest BCUT2D eigenvalue weighted by molar-refractivity contribution is -0.116. The van der Waals surface area contributed by atoms with Crippen LogP contribution in [0.4, 0.5) is 5.69 Å². The normalized spacial score (nSPS) is 10.5. The number of carbonyl (C=O) groups is 1. The fourth-order valence-corrected chi connectivity index (χ4v) is 3.09. The number of carbonyl (C=O) groups excluding carboxylic acids is 1. The van der Waals surface area contributed by atoms with Crippen molar-refractivity contribution in [2.24, 2.45) is 0 Å². The Bertz CT molecular complexity index is 752. The zero-order valence-corrected chi connectivity index (χ0v) is 13.4. The van der Waals surface area contributed by atoms with E-state index in [0.717, 1.165) is 20.9 Å². The van der Waals surface area contributed by atoms with E-state index in [4.69, 9.17) is 0 Å². The molecule has 1 amide bonds. The standard InChI is InChI=1S/C15H12BrN3OS/c16-11-4-1-2-5-12(11)18-14(20)10-19-8-7-17-15(19)13-6-3-9-21-13/h1-9H,10H2,(H,18,20). The van der Waals surface area contributed by atoms with Crippen LogP contribution < -0.4 is 5.32 Å². The molecule has 0 atom stereocenters. The molecule has 2 aromatic heterocycles. The highest BCUT2D eigenvalue weighted by atomic mass is 79.9. The van der Waals surface area contributed by atoms with Crippen molar-refractivity contribution in [1.29, 1.82) is 0 Å². The molecular formula is C15H12BrN3OS. The smallest absolute Gasteiger partial charge is 0.244 e. The minimum Gasteiger partial charge on any atom is -0.324 e. The van der Waals surface area contributed by atoms with Gasteiger partial charge < -0.3 is 9.88 Å². The summed E-state index contributed by atoms with van der Waals surface area (Å²) in [5.74, 6) is 0.727. The average Bonchev–Trinajstić information content (AvgIpc) is 3.11. The van der Waals surface area contributed by atoms with E-state index < -0.39 is 0 Å². The number of hydrogen-bond donors (Lipinski definition) is 1. The second-order valence-electron chi connectivity index (χ2n) is 4.38. The van der Waals surface area contributed by atoms with Gasteiger partial charge in [-0.25, -0.2) is 4.98 Å². The number of benzene rings is 1. The van der Waals surface area contributed by atoms with E-state index in [2.05, 4.69) is 26.2 Å². The molecule has 1 aromatic carbocycles. The molecule has 0 aliphatic rings. The van der Waals surface area contributed by atoms with Crippen molar-refractivity contribution in [3.05, 3.63) is 58.6 Å². The summed E-state index contributed by atoms with van der Waals surface area (Å²) in [4.78, 5) is 17.5. The van der Waals surface area contributed by atoms with E-state index in [1.165, 1.54) is 0 Å². The van der Waals surface area contributed by atoms with Gasteiger partial charge in [0, 0.05) is 16.9 Å². The van der Waals surface area contributed by atoms with Gasteiger partial charge in [0.2, 0.25) is 5.91 Å². The molecular weight excluding hydrogens is 350 g/mol. The van der Waals surface area contributed by atoms with Crippen LogP contribution in [0.25, 0.3) is 10.7 Å². The van der Waals surface area contributed by atoms with Gasteiger partial charge in [0.1, 0.15) is 12.4 Å². The van der Waals surface area contributed by atoms with Gasteiger partial charge >= 0.3 is 0 Å². The van der Waals surface area contributed by atoms with E-state index >= 15 is 0 Å². The molecule has 4 nitrogen and oxygen atoms in total. The maximum absolute atomic E-state index is 12.2. The summed E-state index contributed by atoms with van der Waals surface area (Å²) in [6.07, 6.45) is 3.52. The van der Waals surface area contributed by atoms with Crippen LogP contribution >= 0.6 is 27.3 Å². The molecule has 106 valence electrons. The third kappa shape index (κ3) is 3.22. The van der Waals surface area contributed by atoms with E-state index in [-0.39, 0.29) is 12.5 Å². The Hall–Kier alpha value is -1.92. The Kier molecular flexibility index (Phi) is 4.17. The Morgan fingerprint density at radius 3 is 2.90 bits per heavy atom. The van der Waals surface area contributed by atoms with Crippen molar-refractivity contribution in [3.8, 4) is 10.7 Å². The van der Waals surface area contributed by atoms with Crippen LogP contribution in [-0.2, 0) is 11.3 Å². The predicted molar refractivity (Wildman–Crippen MR) is 88.3 cm³/mol. The van der Waals surface area contributed by atoms with Gasteiger partial charge in [-0.3, -0.25) is 4.79 Å². The van der Waals surface area contributed by atoms with Crippen LogP contribution in [0.2, 0.25) is 0 Å². The highest BCUT2D eigenvalue weighted by Crippen LogP contribution is 2.24. The molecule has 0 spiro atoms. The Labute approximate surface area is 134 Å². The number of thiophene rings is 1. The number of hydrogen-bond acceptors (Lipinski definition) is 3. The molecule has 3 aromatic rings. The van der Waals surface area contributed by atoms with Crippen molar-refractivity contribution in [2.75, 3.05) is 5.32 Å². The molecule has 21 heavy (non-hydrogen) atoms. The van der Waals surface area contributed by atoms with E-state index in [9.17, 15) is 4.79 Å². The highest BCUT2D eigenvalue weighted by Gasteiger charge is 2.11. The van der Waals surface area contributed by atoms with Crippen LogP contribution in [-0.4, -0.2) is 15.5 Å². The Morgan fingerprint density at radius 1 is 1.29 bits per heavy atom. The zero-order valence-electron chi connectivity index (χ0n) is 11.0. The fraction of sp³-hybridized carbons (Fsp3) is 0.0667. The summed E-state index contributed by atoms with van der Waals surface area (Å²) >= 11 is 5.02. The summed E-state index contributed by atoms with van der Waals surface area (Å²) in [7, 11) is 0. The van der Waals surface area contributed by atoms with Gasteiger partial charge in [-0.2, -0.15) is 0 Å². The monoisotopic (exact) mass is 361 g/mol. The largest absolute Gasteiger partial charge is 0.324 e. The van der Waals surface area contributed by atoms with E-state index in [0.29, 0.717) is 0 Å². The van der Waals surface area contributed by atoms with Gasteiger partial charge in [-0.05, 0) is 39.5 Å². The van der Waals surface area contributed by atoms with Gasteiger partial charge in [0.15, 0.2) is 0 Å². The Morgan fingerprint density at radius 2 is 2.14 bits per heavy atom. The second-order valence-corrected chi connectivity index (χ2v) is 6.19. The lowest BCUT2D eigenvalue weighted by Gasteiger charge is -2.09.